The lowest BCUT2D eigenvalue weighted by molar-refractivity contribution is 0.407. The number of hydrogen-bond acceptors (Lipinski definition) is 3. The van der Waals surface area contributed by atoms with Crippen molar-refractivity contribution in [2.75, 3.05) is 18.7 Å². The maximum Gasteiger partial charge on any atom is 0.211 e. The summed E-state index contributed by atoms with van der Waals surface area (Å²) in [6.45, 7) is 1.85. The van der Waals surface area contributed by atoms with Crippen LogP contribution in [0.25, 0.3) is 0 Å². The Kier molecular flexibility index (Phi) is 7.34. The number of alkyl halides is 1. The molecule has 6 heteroatoms. The van der Waals surface area contributed by atoms with E-state index in [2.05, 4.69) is 4.72 Å². The number of benzene rings is 1. The number of hydrogen-bond donors (Lipinski definition) is 1. The first-order chi connectivity index (χ1) is 9.48. The first-order valence-electron chi connectivity index (χ1n) is 6.66. The fraction of sp³-hybridized carbons (Fsp3) is 0.571. The van der Waals surface area contributed by atoms with Crippen molar-refractivity contribution >= 4 is 21.6 Å². The van der Waals surface area contributed by atoms with Crippen LogP contribution in [0.2, 0.25) is 0 Å². The molecule has 1 aromatic rings. The van der Waals surface area contributed by atoms with Crippen LogP contribution in [0.15, 0.2) is 24.3 Å². The minimum absolute atomic E-state index is 0.121. The minimum Gasteiger partial charge on any atom is -0.496 e. The number of ether oxygens (including phenoxy) is 1. The Labute approximate surface area is 126 Å². The van der Waals surface area contributed by atoms with Gasteiger partial charge in [-0.15, -0.1) is 11.6 Å². The zero-order valence-corrected chi connectivity index (χ0v) is 13.5. The van der Waals surface area contributed by atoms with Gasteiger partial charge >= 0.3 is 0 Å². The molecule has 0 amide bonds. The smallest absolute Gasteiger partial charge is 0.211 e. The van der Waals surface area contributed by atoms with Gasteiger partial charge in [0.15, 0.2) is 0 Å². The fourth-order valence-electron chi connectivity index (χ4n) is 2.00. The summed E-state index contributed by atoms with van der Waals surface area (Å²) in [5.41, 5.74) is 0.992. The summed E-state index contributed by atoms with van der Waals surface area (Å²) < 4.78 is 31.7. The van der Waals surface area contributed by atoms with Gasteiger partial charge in [0.05, 0.1) is 12.9 Å². The lowest BCUT2D eigenvalue weighted by Gasteiger charge is -2.16. The molecule has 0 aromatic heterocycles. The summed E-state index contributed by atoms with van der Waals surface area (Å²) >= 11 is 5.55. The molecule has 1 aromatic carbocycles. The summed E-state index contributed by atoms with van der Waals surface area (Å²) in [6.07, 6.45) is 1.89. The van der Waals surface area contributed by atoms with E-state index in [0.29, 0.717) is 25.1 Å². The second-order valence-corrected chi connectivity index (χ2v) is 7.00. The topological polar surface area (TPSA) is 55.4 Å². The van der Waals surface area contributed by atoms with Crippen LogP contribution in [0.5, 0.6) is 5.75 Å². The van der Waals surface area contributed by atoms with E-state index >= 15 is 0 Å². The third-order valence-electron chi connectivity index (χ3n) is 2.90. The van der Waals surface area contributed by atoms with Crippen molar-refractivity contribution in [3.8, 4) is 5.75 Å². The molecule has 1 atom stereocenters. The van der Waals surface area contributed by atoms with E-state index in [1.54, 1.807) is 7.11 Å². The van der Waals surface area contributed by atoms with Gasteiger partial charge < -0.3 is 4.74 Å². The summed E-state index contributed by atoms with van der Waals surface area (Å²) in [4.78, 5) is 0. The Bertz CT molecular complexity index is 505. The number of unbranched alkanes of at least 4 members (excludes halogenated alkanes) is 1. The second kappa shape index (κ2) is 8.49. The minimum atomic E-state index is -3.24. The number of sulfonamides is 1. The molecule has 0 aliphatic rings. The van der Waals surface area contributed by atoms with E-state index in [0.717, 1.165) is 11.3 Å². The highest BCUT2D eigenvalue weighted by Gasteiger charge is 2.15. The normalized spacial score (nSPS) is 13.2. The van der Waals surface area contributed by atoms with Gasteiger partial charge in [0, 0.05) is 11.9 Å². The lowest BCUT2D eigenvalue weighted by atomic mass is 10.1. The molecule has 0 spiro atoms. The second-order valence-electron chi connectivity index (χ2n) is 4.75. The quantitative estimate of drug-likeness (QED) is 0.562. The molecule has 0 bridgehead atoms. The molecule has 0 fully saturated rings. The third-order valence-corrected chi connectivity index (χ3v) is 4.75. The Morgan fingerprint density at radius 1 is 1.30 bits per heavy atom. The van der Waals surface area contributed by atoms with Gasteiger partial charge in [0.25, 0.3) is 0 Å². The van der Waals surface area contributed by atoms with Crippen molar-refractivity contribution in [3.63, 3.8) is 0 Å². The van der Waals surface area contributed by atoms with E-state index in [9.17, 15) is 8.42 Å². The van der Waals surface area contributed by atoms with E-state index in [4.69, 9.17) is 16.3 Å². The molecule has 20 heavy (non-hydrogen) atoms. The van der Waals surface area contributed by atoms with Crippen LogP contribution in [-0.4, -0.2) is 33.2 Å². The van der Waals surface area contributed by atoms with Crippen molar-refractivity contribution < 1.29 is 13.2 Å². The zero-order valence-electron chi connectivity index (χ0n) is 11.9. The molecule has 1 rings (SSSR count). The molecule has 0 radical (unpaired) electrons. The van der Waals surface area contributed by atoms with Crippen molar-refractivity contribution in [1.29, 1.82) is 0 Å². The van der Waals surface area contributed by atoms with E-state index in [1.807, 2.05) is 31.2 Å². The van der Waals surface area contributed by atoms with Gasteiger partial charge in [-0.2, -0.15) is 0 Å². The number of nitrogens with one attached hydrogen (secondary N) is 1. The first-order valence-corrected chi connectivity index (χ1v) is 8.85. The Morgan fingerprint density at radius 3 is 2.65 bits per heavy atom. The van der Waals surface area contributed by atoms with Crippen LogP contribution in [0.4, 0.5) is 0 Å². The van der Waals surface area contributed by atoms with E-state index in [-0.39, 0.29) is 11.8 Å². The molecule has 0 aliphatic carbocycles. The average Bonchev–Trinajstić information content (AvgIpc) is 2.38. The SMILES string of the molecule is COc1ccccc1CC(C)NS(=O)(=O)CCCCCl. The van der Waals surface area contributed by atoms with Gasteiger partial charge in [-0.25, -0.2) is 13.1 Å². The highest BCUT2D eigenvalue weighted by Crippen LogP contribution is 2.19. The van der Waals surface area contributed by atoms with Crippen LogP contribution in [0, 0.1) is 0 Å². The molecular weight excluding hydrogens is 298 g/mol. The van der Waals surface area contributed by atoms with Crippen molar-refractivity contribution in [2.24, 2.45) is 0 Å². The standard InChI is InChI=1S/C14H22ClNO3S/c1-12(16-20(17,18)10-6-5-9-15)11-13-7-3-4-8-14(13)19-2/h3-4,7-8,12,16H,5-6,9-11H2,1-2H3. The van der Waals surface area contributed by atoms with E-state index in [1.165, 1.54) is 0 Å². The number of para-hydroxylation sites is 1. The lowest BCUT2D eigenvalue weighted by Crippen LogP contribution is -2.35. The number of halogens is 1. The first kappa shape index (κ1) is 17.3. The monoisotopic (exact) mass is 319 g/mol. The Morgan fingerprint density at radius 2 is 2.00 bits per heavy atom. The fourth-order valence-corrected chi connectivity index (χ4v) is 3.58. The van der Waals surface area contributed by atoms with Crippen molar-refractivity contribution in [2.45, 2.75) is 32.2 Å². The number of rotatable bonds is 9. The molecule has 1 unspecified atom stereocenters. The van der Waals surface area contributed by atoms with Crippen molar-refractivity contribution in [1.82, 2.24) is 4.72 Å². The summed E-state index contributed by atoms with van der Waals surface area (Å²) in [5.74, 6) is 1.39. The highest BCUT2D eigenvalue weighted by atomic mass is 35.5. The Hall–Kier alpha value is -0.780. The van der Waals surface area contributed by atoms with Crippen LogP contribution in [-0.2, 0) is 16.4 Å². The molecule has 0 heterocycles. The predicted octanol–water partition coefficient (Wildman–Crippen LogP) is 2.56. The van der Waals surface area contributed by atoms with Gasteiger partial charge in [0.2, 0.25) is 10.0 Å². The van der Waals surface area contributed by atoms with Crippen LogP contribution in [0.1, 0.15) is 25.3 Å². The van der Waals surface area contributed by atoms with Crippen LogP contribution < -0.4 is 9.46 Å². The summed E-state index contributed by atoms with van der Waals surface area (Å²) in [7, 11) is -1.63. The van der Waals surface area contributed by atoms with Crippen LogP contribution in [0.3, 0.4) is 0 Å². The van der Waals surface area contributed by atoms with E-state index < -0.39 is 10.0 Å². The maximum absolute atomic E-state index is 11.9. The molecule has 0 saturated heterocycles. The molecule has 0 saturated carbocycles. The van der Waals surface area contributed by atoms with Gasteiger partial charge in [-0.1, -0.05) is 18.2 Å². The van der Waals surface area contributed by atoms with Gasteiger partial charge in [-0.3, -0.25) is 0 Å². The Balaban J connectivity index is 2.56. The van der Waals surface area contributed by atoms with Gasteiger partial charge in [-0.05, 0) is 37.8 Å². The largest absolute Gasteiger partial charge is 0.496 e. The highest BCUT2D eigenvalue weighted by molar-refractivity contribution is 7.89. The van der Waals surface area contributed by atoms with Gasteiger partial charge in [0.1, 0.15) is 5.75 Å². The molecule has 1 N–H and O–H groups in total. The van der Waals surface area contributed by atoms with Crippen molar-refractivity contribution in [3.05, 3.63) is 29.8 Å². The predicted molar refractivity (Wildman–Crippen MR) is 83.0 cm³/mol. The maximum atomic E-state index is 11.9. The molecule has 4 nitrogen and oxygen atoms in total. The molecular formula is C14H22ClNO3S. The molecule has 0 aliphatic heterocycles. The summed E-state index contributed by atoms with van der Waals surface area (Å²) in [5, 5.41) is 0. The third kappa shape index (κ3) is 6.11. The average molecular weight is 320 g/mol. The summed E-state index contributed by atoms with van der Waals surface area (Å²) in [6, 6.07) is 7.45. The van der Waals surface area contributed by atoms with Crippen LogP contribution >= 0.6 is 11.6 Å². The zero-order chi connectivity index (χ0) is 15.0. The molecule has 114 valence electrons. The number of methoxy groups -OCH3 is 1.